The third kappa shape index (κ3) is 6.75. The van der Waals surface area contributed by atoms with Crippen molar-refractivity contribution >= 4 is 35.6 Å². The van der Waals surface area contributed by atoms with Crippen LogP contribution in [0.25, 0.3) is 0 Å². The molecule has 0 unspecified atom stereocenters. The first-order valence-corrected chi connectivity index (χ1v) is 9.72. The van der Waals surface area contributed by atoms with Gasteiger partial charge in [0.25, 0.3) is 11.8 Å². The van der Waals surface area contributed by atoms with Gasteiger partial charge in [0.05, 0.1) is 18.3 Å². The summed E-state index contributed by atoms with van der Waals surface area (Å²) in [5.41, 5.74) is 3.49. The van der Waals surface area contributed by atoms with E-state index in [1.165, 1.54) is 24.4 Å². The number of nitrogens with zero attached hydrogens (tertiary/aromatic N) is 1. The van der Waals surface area contributed by atoms with Gasteiger partial charge in [-0.25, -0.2) is 14.6 Å². The number of hydrogen-bond acceptors (Lipinski definition) is 5. The highest BCUT2D eigenvalue weighted by Crippen LogP contribution is 2.16. The van der Waals surface area contributed by atoms with E-state index in [1.54, 1.807) is 42.5 Å². The average Bonchev–Trinajstić information content (AvgIpc) is 2.79. The Balaban J connectivity index is 1.45. The Morgan fingerprint density at radius 2 is 1.69 bits per heavy atom. The fourth-order valence-electron chi connectivity index (χ4n) is 2.49. The van der Waals surface area contributed by atoms with Gasteiger partial charge >= 0.3 is 5.97 Å². The molecule has 0 aliphatic heterocycles. The monoisotopic (exact) mass is 453 g/mol. The number of hydrogen-bond donors (Lipinski definition) is 2. The van der Waals surface area contributed by atoms with Crippen molar-refractivity contribution in [3.05, 3.63) is 100 Å². The molecule has 0 aliphatic rings. The summed E-state index contributed by atoms with van der Waals surface area (Å²) in [4.78, 5) is 35.8. The first-order chi connectivity index (χ1) is 15.4. The van der Waals surface area contributed by atoms with Gasteiger partial charge in [0, 0.05) is 10.6 Å². The minimum absolute atomic E-state index is 0.235. The average molecular weight is 454 g/mol. The van der Waals surface area contributed by atoms with Crippen LogP contribution in [0.2, 0.25) is 5.02 Å². The molecular formula is C23H17ClFN3O4. The number of halogens is 2. The first kappa shape index (κ1) is 22.6. The van der Waals surface area contributed by atoms with Gasteiger partial charge in [0.1, 0.15) is 11.6 Å². The molecule has 2 N–H and O–H groups in total. The maximum Gasteiger partial charge on any atom is 0.343 e. The van der Waals surface area contributed by atoms with E-state index in [2.05, 4.69) is 15.8 Å². The molecule has 7 nitrogen and oxygen atoms in total. The molecule has 0 bridgehead atoms. The van der Waals surface area contributed by atoms with Crippen LogP contribution in [0.5, 0.6) is 5.75 Å². The third-order valence-electron chi connectivity index (χ3n) is 4.07. The van der Waals surface area contributed by atoms with Gasteiger partial charge in [0.15, 0.2) is 0 Å². The second kappa shape index (κ2) is 10.8. The molecule has 3 aromatic carbocycles. The summed E-state index contributed by atoms with van der Waals surface area (Å²) in [5.74, 6) is -1.71. The van der Waals surface area contributed by atoms with E-state index in [0.29, 0.717) is 21.9 Å². The van der Waals surface area contributed by atoms with Gasteiger partial charge in [-0.2, -0.15) is 5.10 Å². The van der Waals surface area contributed by atoms with Crippen LogP contribution in [0.1, 0.15) is 26.3 Å². The lowest BCUT2D eigenvalue weighted by atomic mass is 10.2. The smallest absolute Gasteiger partial charge is 0.343 e. The Hall–Kier alpha value is -4.04. The van der Waals surface area contributed by atoms with Crippen molar-refractivity contribution in [2.45, 2.75) is 0 Å². The standard InChI is InChI=1S/C23H17ClFN3O4/c24-18-3-1-2-17(12-18)23(31)32-20-10-4-15(5-11-20)13-27-28-21(29)14-26-22(30)16-6-8-19(25)9-7-16/h1-13H,14H2,(H,26,30)(H,28,29). The van der Waals surface area contributed by atoms with Gasteiger partial charge in [-0.05, 0) is 72.3 Å². The number of amides is 2. The predicted octanol–water partition coefficient (Wildman–Crippen LogP) is 3.58. The molecule has 0 atom stereocenters. The minimum Gasteiger partial charge on any atom is -0.423 e. The van der Waals surface area contributed by atoms with E-state index in [1.807, 2.05) is 0 Å². The molecule has 0 heterocycles. The number of ether oxygens (including phenoxy) is 1. The van der Waals surface area contributed by atoms with Crippen LogP contribution < -0.4 is 15.5 Å². The Labute approximate surface area is 187 Å². The predicted molar refractivity (Wildman–Crippen MR) is 117 cm³/mol. The van der Waals surface area contributed by atoms with Crippen LogP contribution in [0.4, 0.5) is 4.39 Å². The molecule has 0 spiro atoms. The molecule has 0 aromatic heterocycles. The zero-order valence-electron chi connectivity index (χ0n) is 16.5. The number of esters is 1. The highest BCUT2D eigenvalue weighted by atomic mass is 35.5. The quantitative estimate of drug-likeness (QED) is 0.247. The number of benzene rings is 3. The maximum atomic E-state index is 12.9. The number of rotatable bonds is 7. The molecular weight excluding hydrogens is 437 g/mol. The van der Waals surface area contributed by atoms with E-state index in [-0.39, 0.29) is 12.1 Å². The molecule has 0 fully saturated rings. The molecule has 32 heavy (non-hydrogen) atoms. The van der Waals surface area contributed by atoms with Crippen LogP contribution in [0.3, 0.4) is 0 Å². The summed E-state index contributed by atoms with van der Waals surface area (Å²) >= 11 is 5.87. The van der Waals surface area contributed by atoms with E-state index in [0.717, 1.165) is 12.1 Å². The van der Waals surface area contributed by atoms with E-state index < -0.39 is 23.6 Å². The zero-order chi connectivity index (χ0) is 22.9. The summed E-state index contributed by atoms with van der Waals surface area (Å²) in [6, 6.07) is 17.8. The van der Waals surface area contributed by atoms with Crippen LogP contribution in [0, 0.1) is 5.82 Å². The lowest BCUT2D eigenvalue weighted by Gasteiger charge is -2.05. The van der Waals surface area contributed by atoms with Gasteiger partial charge < -0.3 is 10.1 Å². The highest BCUT2D eigenvalue weighted by Gasteiger charge is 2.09. The largest absolute Gasteiger partial charge is 0.423 e. The van der Waals surface area contributed by atoms with Crippen LogP contribution in [0.15, 0.2) is 77.9 Å². The van der Waals surface area contributed by atoms with Crippen molar-refractivity contribution in [1.29, 1.82) is 0 Å². The zero-order valence-corrected chi connectivity index (χ0v) is 17.3. The van der Waals surface area contributed by atoms with E-state index in [9.17, 15) is 18.8 Å². The number of nitrogens with one attached hydrogen (secondary N) is 2. The van der Waals surface area contributed by atoms with Gasteiger partial charge in [-0.15, -0.1) is 0 Å². The fraction of sp³-hybridized carbons (Fsp3) is 0.0435. The molecule has 0 saturated carbocycles. The van der Waals surface area contributed by atoms with Crippen molar-refractivity contribution in [3.63, 3.8) is 0 Å². The summed E-state index contributed by atoms with van der Waals surface area (Å²) in [6.07, 6.45) is 1.39. The van der Waals surface area contributed by atoms with Crippen LogP contribution >= 0.6 is 11.6 Å². The second-order valence-electron chi connectivity index (χ2n) is 6.45. The number of hydrazone groups is 1. The lowest BCUT2D eigenvalue weighted by Crippen LogP contribution is -2.34. The van der Waals surface area contributed by atoms with Crippen molar-refractivity contribution < 1.29 is 23.5 Å². The molecule has 3 aromatic rings. The summed E-state index contributed by atoms with van der Waals surface area (Å²) in [6.45, 7) is -0.300. The number of carbonyl (C=O) groups excluding carboxylic acids is 3. The van der Waals surface area contributed by atoms with Gasteiger partial charge in [0.2, 0.25) is 0 Å². The summed E-state index contributed by atoms with van der Waals surface area (Å²) < 4.78 is 18.1. The topological polar surface area (TPSA) is 96.9 Å². The van der Waals surface area contributed by atoms with Crippen molar-refractivity contribution in [2.24, 2.45) is 5.10 Å². The molecule has 0 saturated heterocycles. The third-order valence-corrected chi connectivity index (χ3v) is 4.30. The van der Waals surface area contributed by atoms with Crippen LogP contribution in [-0.4, -0.2) is 30.5 Å². The van der Waals surface area contributed by atoms with Crippen molar-refractivity contribution in [3.8, 4) is 5.75 Å². The van der Waals surface area contributed by atoms with Crippen LogP contribution in [-0.2, 0) is 4.79 Å². The minimum atomic E-state index is -0.538. The normalized spacial score (nSPS) is 10.6. The van der Waals surface area contributed by atoms with E-state index in [4.69, 9.17) is 16.3 Å². The van der Waals surface area contributed by atoms with Gasteiger partial charge in [-0.3, -0.25) is 9.59 Å². The summed E-state index contributed by atoms with van der Waals surface area (Å²) in [5, 5.41) is 6.64. The second-order valence-corrected chi connectivity index (χ2v) is 6.89. The van der Waals surface area contributed by atoms with Gasteiger partial charge in [-0.1, -0.05) is 17.7 Å². The molecule has 162 valence electrons. The van der Waals surface area contributed by atoms with Crippen molar-refractivity contribution in [1.82, 2.24) is 10.7 Å². The molecule has 9 heteroatoms. The maximum absolute atomic E-state index is 12.9. The highest BCUT2D eigenvalue weighted by molar-refractivity contribution is 6.30. The Morgan fingerprint density at radius 1 is 0.969 bits per heavy atom. The molecule has 2 amide bonds. The Bertz CT molecular complexity index is 1150. The number of carbonyl (C=O) groups is 3. The summed E-state index contributed by atoms with van der Waals surface area (Å²) in [7, 11) is 0. The molecule has 0 aliphatic carbocycles. The molecule has 0 radical (unpaired) electrons. The lowest BCUT2D eigenvalue weighted by molar-refractivity contribution is -0.120. The Morgan fingerprint density at radius 3 is 2.38 bits per heavy atom. The van der Waals surface area contributed by atoms with Crippen molar-refractivity contribution in [2.75, 3.05) is 6.54 Å². The SMILES string of the molecule is O=C(CNC(=O)c1ccc(F)cc1)NN=Cc1ccc(OC(=O)c2cccc(Cl)c2)cc1. The first-order valence-electron chi connectivity index (χ1n) is 9.34. The fourth-order valence-corrected chi connectivity index (χ4v) is 2.68. The Kier molecular flexibility index (Phi) is 7.66. The molecule has 3 rings (SSSR count). The van der Waals surface area contributed by atoms with E-state index >= 15 is 0 Å².